The van der Waals surface area contributed by atoms with Gasteiger partial charge in [-0.2, -0.15) is 0 Å². The van der Waals surface area contributed by atoms with E-state index in [2.05, 4.69) is 5.32 Å². The van der Waals surface area contributed by atoms with Crippen molar-refractivity contribution in [2.45, 2.75) is 12.5 Å². The number of benzene rings is 2. The monoisotopic (exact) mass is 341 g/mol. The molecule has 2 aromatic rings. The Morgan fingerprint density at radius 1 is 1.20 bits per heavy atom. The molecular weight excluding hydrogens is 322 g/mol. The summed E-state index contributed by atoms with van der Waals surface area (Å²) in [5, 5.41) is 13.5. The second-order valence-electron chi connectivity index (χ2n) is 5.85. The predicted octanol–water partition coefficient (Wildman–Crippen LogP) is 3.07. The number of carbonyl (C=O) groups is 1. The van der Waals surface area contributed by atoms with Crippen LogP contribution in [0, 0.1) is 10.1 Å². The molecule has 3 rings (SSSR count). The summed E-state index contributed by atoms with van der Waals surface area (Å²) in [4.78, 5) is 24.6. The van der Waals surface area contributed by atoms with Gasteiger partial charge >= 0.3 is 6.03 Å². The van der Waals surface area contributed by atoms with Crippen LogP contribution >= 0.6 is 0 Å². The Kier molecular flexibility index (Phi) is 5.25. The van der Waals surface area contributed by atoms with Crippen molar-refractivity contribution in [2.75, 3.05) is 25.1 Å². The average molecular weight is 341 g/mol. The van der Waals surface area contributed by atoms with Crippen molar-refractivity contribution in [1.29, 1.82) is 0 Å². The molecule has 0 aromatic heterocycles. The molecule has 7 heteroatoms. The standard InChI is InChI=1S/C18H19N3O4/c22-18(19-15-6-8-16(9-7-15)21(23)24)20-10-11-25-13-17(20)12-14-4-2-1-3-5-14/h1-9,17H,10-13H2,(H,19,22)/t17-/m1/s1. The zero-order valence-corrected chi connectivity index (χ0v) is 13.6. The van der Waals surface area contributed by atoms with Crippen molar-refractivity contribution in [3.8, 4) is 0 Å². The number of hydrogen-bond acceptors (Lipinski definition) is 4. The van der Waals surface area contributed by atoms with Gasteiger partial charge in [0.05, 0.1) is 24.2 Å². The van der Waals surface area contributed by atoms with Crippen LogP contribution in [0.2, 0.25) is 0 Å². The van der Waals surface area contributed by atoms with Gasteiger partial charge in [0.2, 0.25) is 0 Å². The van der Waals surface area contributed by atoms with Crippen LogP contribution in [0.25, 0.3) is 0 Å². The van der Waals surface area contributed by atoms with Gasteiger partial charge in [0.15, 0.2) is 0 Å². The van der Waals surface area contributed by atoms with Crippen LogP contribution in [0.15, 0.2) is 54.6 Å². The molecule has 0 unspecified atom stereocenters. The number of rotatable bonds is 4. The third kappa shape index (κ3) is 4.33. The number of carbonyl (C=O) groups excluding carboxylic acids is 1. The lowest BCUT2D eigenvalue weighted by Crippen LogP contribution is -2.51. The van der Waals surface area contributed by atoms with Crippen molar-refractivity contribution in [3.05, 3.63) is 70.3 Å². The Morgan fingerprint density at radius 2 is 1.92 bits per heavy atom. The van der Waals surface area contributed by atoms with Gasteiger partial charge < -0.3 is 15.0 Å². The third-order valence-corrected chi connectivity index (χ3v) is 4.13. The van der Waals surface area contributed by atoms with E-state index in [9.17, 15) is 14.9 Å². The van der Waals surface area contributed by atoms with E-state index in [4.69, 9.17) is 4.74 Å². The number of hydrogen-bond donors (Lipinski definition) is 1. The fourth-order valence-corrected chi connectivity index (χ4v) is 2.84. The predicted molar refractivity (Wildman–Crippen MR) is 93.6 cm³/mol. The Bertz CT molecular complexity index is 734. The van der Waals surface area contributed by atoms with E-state index in [1.165, 1.54) is 24.3 Å². The van der Waals surface area contributed by atoms with Crippen molar-refractivity contribution >= 4 is 17.4 Å². The van der Waals surface area contributed by atoms with Crippen LogP contribution in [0.4, 0.5) is 16.2 Å². The van der Waals surface area contributed by atoms with Crippen molar-refractivity contribution in [2.24, 2.45) is 0 Å². The number of morpholine rings is 1. The maximum atomic E-state index is 12.6. The first-order chi connectivity index (χ1) is 12.1. The number of ether oxygens (including phenoxy) is 1. The normalized spacial score (nSPS) is 17.1. The Morgan fingerprint density at radius 3 is 2.60 bits per heavy atom. The number of non-ortho nitro benzene ring substituents is 1. The quantitative estimate of drug-likeness (QED) is 0.684. The number of nitrogens with one attached hydrogen (secondary N) is 1. The maximum absolute atomic E-state index is 12.6. The molecule has 0 bridgehead atoms. The van der Waals surface area contributed by atoms with Gasteiger partial charge in [0.25, 0.3) is 5.69 Å². The van der Waals surface area contributed by atoms with Crippen molar-refractivity contribution in [3.63, 3.8) is 0 Å². The average Bonchev–Trinajstić information content (AvgIpc) is 2.63. The van der Waals surface area contributed by atoms with Crippen LogP contribution in [-0.4, -0.2) is 41.7 Å². The molecule has 1 aliphatic heterocycles. The molecule has 0 aliphatic carbocycles. The summed E-state index contributed by atoms with van der Waals surface area (Å²) in [5.74, 6) is 0. The molecular formula is C18H19N3O4. The first kappa shape index (κ1) is 16.9. The van der Waals surface area contributed by atoms with Crippen molar-refractivity contribution < 1.29 is 14.5 Å². The van der Waals surface area contributed by atoms with Gasteiger partial charge in [0, 0.05) is 24.4 Å². The van der Waals surface area contributed by atoms with E-state index in [0.29, 0.717) is 31.9 Å². The molecule has 1 atom stereocenters. The van der Waals surface area contributed by atoms with Gasteiger partial charge in [-0.15, -0.1) is 0 Å². The van der Waals surface area contributed by atoms with Crippen LogP contribution in [-0.2, 0) is 11.2 Å². The number of nitro groups is 1. The molecule has 1 saturated heterocycles. The highest BCUT2D eigenvalue weighted by atomic mass is 16.6. The highest BCUT2D eigenvalue weighted by Gasteiger charge is 2.27. The highest BCUT2D eigenvalue weighted by molar-refractivity contribution is 5.89. The zero-order chi connectivity index (χ0) is 17.6. The summed E-state index contributed by atoms with van der Waals surface area (Å²) in [6.07, 6.45) is 0.717. The van der Waals surface area contributed by atoms with E-state index in [-0.39, 0.29) is 17.8 Å². The van der Waals surface area contributed by atoms with E-state index >= 15 is 0 Å². The zero-order valence-electron chi connectivity index (χ0n) is 13.6. The SMILES string of the molecule is O=C(Nc1ccc([N+](=O)[O-])cc1)N1CCOC[C@H]1Cc1ccccc1. The van der Waals surface area contributed by atoms with Gasteiger partial charge in [-0.25, -0.2) is 4.79 Å². The minimum Gasteiger partial charge on any atom is -0.377 e. The molecule has 1 N–H and O–H groups in total. The highest BCUT2D eigenvalue weighted by Crippen LogP contribution is 2.18. The Hall–Kier alpha value is -2.93. The molecule has 0 spiro atoms. The number of amides is 2. The summed E-state index contributed by atoms with van der Waals surface area (Å²) in [6, 6.07) is 15.5. The second kappa shape index (κ2) is 7.76. The molecule has 130 valence electrons. The number of nitro benzene ring substituents is 1. The van der Waals surface area contributed by atoms with Crippen molar-refractivity contribution in [1.82, 2.24) is 4.90 Å². The fourth-order valence-electron chi connectivity index (χ4n) is 2.84. The van der Waals surface area contributed by atoms with Crippen LogP contribution in [0.3, 0.4) is 0 Å². The van der Waals surface area contributed by atoms with Gasteiger partial charge in [-0.05, 0) is 24.1 Å². The number of urea groups is 1. The van der Waals surface area contributed by atoms with E-state index in [0.717, 1.165) is 5.56 Å². The summed E-state index contributed by atoms with van der Waals surface area (Å²) in [6.45, 7) is 1.50. The Balaban J connectivity index is 1.67. The lowest BCUT2D eigenvalue weighted by atomic mass is 10.0. The van der Waals surface area contributed by atoms with E-state index < -0.39 is 4.92 Å². The van der Waals surface area contributed by atoms with E-state index in [1.807, 2.05) is 30.3 Å². The van der Waals surface area contributed by atoms with Crippen LogP contribution in [0.1, 0.15) is 5.56 Å². The molecule has 2 aromatic carbocycles. The lowest BCUT2D eigenvalue weighted by molar-refractivity contribution is -0.384. The lowest BCUT2D eigenvalue weighted by Gasteiger charge is -2.35. The fraction of sp³-hybridized carbons (Fsp3) is 0.278. The van der Waals surface area contributed by atoms with Crippen LogP contribution < -0.4 is 5.32 Å². The molecule has 7 nitrogen and oxygen atoms in total. The Labute approximate surface area is 145 Å². The molecule has 0 radical (unpaired) electrons. The smallest absolute Gasteiger partial charge is 0.322 e. The minimum absolute atomic E-state index is 0.00803. The van der Waals surface area contributed by atoms with Gasteiger partial charge in [-0.1, -0.05) is 30.3 Å². The molecule has 25 heavy (non-hydrogen) atoms. The first-order valence-electron chi connectivity index (χ1n) is 8.07. The topological polar surface area (TPSA) is 84.7 Å². The second-order valence-corrected chi connectivity index (χ2v) is 5.85. The summed E-state index contributed by atoms with van der Waals surface area (Å²) in [7, 11) is 0. The molecule has 2 amide bonds. The molecule has 1 fully saturated rings. The largest absolute Gasteiger partial charge is 0.377 e. The molecule has 0 saturated carbocycles. The van der Waals surface area contributed by atoms with Gasteiger partial charge in [-0.3, -0.25) is 10.1 Å². The summed E-state index contributed by atoms with van der Waals surface area (Å²) < 4.78 is 5.53. The molecule has 1 aliphatic rings. The van der Waals surface area contributed by atoms with Gasteiger partial charge in [0.1, 0.15) is 0 Å². The maximum Gasteiger partial charge on any atom is 0.322 e. The number of nitrogens with zero attached hydrogens (tertiary/aromatic N) is 2. The summed E-state index contributed by atoms with van der Waals surface area (Å²) in [5.41, 5.74) is 1.66. The minimum atomic E-state index is -0.469. The number of anilines is 1. The molecule has 1 heterocycles. The van der Waals surface area contributed by atoms with E-state index in [1.54, 1.807) is 4.90 Å². The third-order valence-electron chi connectivity index (χ3n) is 4.13. The van der Waals surface area contributed by atoms with Crippen LogP contribution in [0.5, 0.6) is 0 Å². The first-order valence-corrected chi connectivity index (χ1v) is 8.07. The summed E-state index contributed by atoms with van der Waals surface area (Å²) >= 11 is 0.